The largest absolute Gasteiger partial charge is 0.366 e. The van der Waals surface area contributed by atoms with Crippen molar-refractivity contribution in [3.8, 4) is 0 Å². The number of hydrogen-bond donors (Lipinski definition) is 0. The Bertz CT molecular complexity index is 665. The molecule has 0 amide bonds. The van der Waals surface area contributed by atoms with Crippen LogP contribution in [-0.2, 0) is 10.0 Å². The summed E-state index contributed by atoms with van der Waals surface area (Å²) in [6.07, 6.45) is 0.584. The van der Waals surface area contributed by atoms with Gasteiger partial charge >= 0.3 is 0 Å². The molecule has 0 saturated carbocycles. The second-order valence-corrected chi connectivity index (χ2v) is 7.62. The normalized spacial score (nSPS) is 17.1. The molecule has 1 aliphatic heterocycles. The second kappa shape index (κ2) is 6.60. The van der Waals surface area contributed by atoms with Crippen molar-refractivity contribution in [2.75, 3.05) is 30.8 Å². The van der Waals surface area contributed by atoms with Gasteiger partial charge in [0.2, 0.25) is 21.7 Å². The number of aromatic nitrogens is 1. The maximum absolute atomic E-state index is 13.7. The summed E-state index contributed by atoms with van der Waals surface area (Å²) in [6, 6.07) is -0.321. The van der Waals surface area contributed by atoms with Gasteiger partial charge in [0, 0.05) is 26.2 Å². The Morgan fingerprint density at radius 3 is 2.04 bits per heavy atom. The van der Waals surface area contributed by atoms with Gasteiger partial charge in [-0.3, -0.25) is 0 Å². The van der Waals surface area contributed by atoms with E-state index in [4.69, 9.17) is 0 Å². The minimum absolute atomic E-state index is 0.0479. The highest BCUT2D eigenvalue weighted by atomic mass is 32.2. The van der Waals surface area contributed by atoms with Crippen molar-refractivity contribution in [2.24, 2.45) is 0 Å². The molecule has 10 heteroatoms. The molecule has 0 radical (unpaired) electrons. The van der Waals surface area contributed by atoms with Crippen molar-refractivity contribution < 1.29 is 26.0 Å². The average molecular weight is 355 g/mol. The van der Waals surface area contributed by atoms with Crippen molar-refractivity contribution in [1.82, 2.24) is 9.29 Å². The fourth-order valence-electron chi connectivity index (χ4n) is 2.64. The van der Waals surface area contributed by atoms with E-state index in [1.54, 1.807) is 0 Å². The molecule has 23 heavy (non-hydrogen) atoms. The third kappa shape index (κ3) is 3.42. The molecule has 1 fully saturated rings. The first kappa shape index (κ1) is 17.9. The topological polar surface area (TPSA) is 53.5 Å². The number of anilines is 1. The number of hydrogen-bond acceptors (Lipinski definition) is 4. The summed E-state index contributed by atoms with van der Waals surface area (Å²) in [5, 5.41) is 0. The Morgan fingerprint density at radius 2 is 1.61 bits per heavy atom. The number of halogens is 4. The molecule has 0 aliphatic carbocycles. The summed E-state index contributed by atoms with van der Waals surface area (Å²) in [5.41, 5.74) is -0.797. The van der Waals surface area contributed by atoms with Gasteiger partial charge in [-0.25, -0.2) is 12.7 Å². The zero-order valence-electron chi connectivity index (χ0n) is 12.7. The number of nitrogens with zero attached hydrogens (tertiary/aromatic N) is 3. The van der Waals surface area contributed by atoms with Crippen LogP contribution in [-0.4, -0.2) is 49.6 Å². The van der Waals surface area contributed by atoms with E-state index >= 15 is 0 Å². The number of sulfonamides is 1. The van der Waals surface area contributed by atoms with Crippen LogP contribution >= 0.6 is 0 Å². The van der Waals surface area contributed by atoms with Crippen molar-refractivity contribution in [2.45, 2.75) is 25.8 Å². The minimum atomic E-state index is -3.37. The first-order chi connectivity index (χ1) is 10.7. The van der Waals surface area contributed by atoms with E-state index in [-0.39, 0.29) is 24.9 Å². The summed E-state index contributed by atoms with van der Waals surface area (Å²) in [5.74, 6) is -6.54. The van der Waals surface area contributed by atoms with Crippen molar-refractivity contribution in [3.05, 3.63) is 23.5 Å². The monoisotopic (exact) mass is 355 g/mol. The van der Waals surface area contributed by atoms with Gasteiger partial charge in [-0.15, -0.1) is 0 Å². The highest BCUT2D eigenvalue weighted by molar-refractivity contribution is 7.89. The third-order valence-electron chi connectivity index (χ3n) is 4.07. The summed E-state index contributed by atoms with van der Waals surface area (Å²) < 4.78 is 78.7. The minimum Gasteiger partial charge on any atom is -0.366 e. The SMILES string of the molecule is CCS(=O)(=O)N(C)C1CCN(c2c(F)c(F)nc(F)c2F)CC1. The molecule has 1 saturated heterocycles. The second-order valence-electron chi connectivity index (χ2n) is 5.30. The van der Waals surface area contributed by atoms with Crippen LogP contribution in [0.1, 0.15) is 19.8 Å². The Labute approximate surface area is 132 Å². The van der Waals surface area contributed by atoms with E-state index in [9.17, 15) is 26.0 Å². The van der Waals surface area contributed by atoms with Crippen molar-refractivity contribution in [1.29, 1.82) is 0 Å². The first-order valence-electron chi connectivity index (χ1n) is 7.09. The van der Waals surface area contributed by atoms with Crippen LogP contribution in [0.25, 0.3) is 0 Å². The van der Waals surface area contributed by atoms with E-state index in [0.29, 0.717) is 12.8 Å². The number of rotatable bonds is 4. The highest BCUT2D eigenvalue weighted by Crippen LogP contribution is 2.29. The number of piperidine rings is 1. The van der Waals surface area contributed by atoms with E-state index in [0.717, 1.165) is 0 Å². The molecule has 1 aromatic heterocycles. The zero-order valence-corrected chi connectivity index (χ0v) is 13.5. The molecular weight excluding hydrogens is 338 g/mol. The smallest absolute Gasteiger partial charge is 0.253 e. The molecule has 0 bridgehead atoms. The maximum atomic E-state index is 13.7. The van der Waals surface area contributed by atoms with E-state index in [2.05, 4.69) is 4.98 Å². The standard InChI is InChI=1S/C13H17F4N3O2S/c1-3-23(21,22)19(2)8-4-6-20(7-5-8)11-9(14)12(16)18-13(17)10(11)15/h8H,3-7H2,1-2H3. The fourth-order valence-corrected chi connectivity index (χ4v) is 3.71. The zero-order chi connectivity index (χ0) is 17.4. The molecular formula is C13H17F4N3O2S. The summed E-state index contributed by atoms with van der Waals surface area (Å²) in [4.78, 5) is 3.69. The van der Waals surface area contributed by atoms with Crippen LogP contribution in [0, 0.1) is 23.5 Å². The molecule has 0 aromatic carbocycles. The Balaban J connectivity index is 2.18. The molecule has 0 spiro atoms. The van der Waals surface area contributed by atoms with E-state index < -0.39 is 39.2 Å². The predicted octanol–water partition coefficient (Wildman–Crippen LogP) is 1.89. The molecule has 2 rings (SSSR count). The van der Waals surface area contributed by atoms with Gasteiger partial charge in [0.1, 0.15) is 5.69 Å². The van der Waals surface area contributed by atoms with Crippen LogP contribution in [0.5, 0.6) is 0 Å². The summed E-state index contributed by atoms with van der Waals surface area (Å²) in [6.45, 7) is 1.67. The summed E-state index contributed by atoms with van der Waals surface area (Å²) in [7, 11) is -1.92. The lowest BCUT2D eigenvalue weighted by Crippen LogP contribution is -2.46. The molecule has 0 atom stereocenters. The van der Waals surface area contributed by atoms with Gasteiger partial charge in [-0.1, -0.05) is 0 Å². The molecule has 130 valence electrons. The lowest BCUT2D eigenvalue weighted by atomic mass is 10.0. The third-order valence-corrected chi connectivity index (χ3v) is 5.98. The lowest BCUT2D eigenvalue weighted by Gasteiger charge is -2.37. The molecule has 1 aliphatic rings. The predicted molar refractivity (Wildman–Crippen MR) is 76.5 cm³/mol. The molecule has 5 nitrogen and oxygen atoms in total. The van der Waals surface area contributed by atoms with E-state index in [1.807, 2.05) is 0 Å². The van der Waals surface area contributed by atoms with E-state index in [1.165, 1.54) is 23.2 Å². The van der Waals surface area contributed by atoms with Gasteiger partial charge in [0.25, 0.3) is 11.9 Å². The highest BCUT2D eigenvalue weighted by Gasteiger charge is 2.32. The fraction of sp³-hybridized carbons (Fsp3) is 0.615. The molecule has 2 heterocycles. The molecule has 0 N–H and O–H groups in total. The van der Waals surface area contributed by atoms with Crippen LogP contribution in [0.15, 0.2) is 0 Å². The van der Waals surface area contributed by atoms with Gasteiger partial charge in [0.15, 0.2) is 0 Å². The molecule has 0 unspecified atom stereocenters. The van der Waals surface area contributed by atoms with Crippen LogP contribution < -0.4 is 4.90 Å². The maximum Gasteiger partial charge on any atom is 0.253 e. The van der Waals surface area contributed by atoms with Gasteiger partial charge < -0.3 is 4.90 Å². The molecule has 1 aromatic rings. The average Bonchev–Trinajstić information content (AvgIpc) is 2.53. The van der Waals surface area contributed by atoms with Crippen molar-refractivity contribution >= 4 is 15.7 Å². The lowest BCUT2D eigenvalue weighted by molar-refractivity contribution is 0.308. The van der Waals surface area contributed by atoms with Gasteiger partial charge in [-0.05, 0) is 19.8 Å². The van der Waals surface area contributed by atoms with Gasteiger partial charge in [-0.2, -0.15) is 22.5 Å². The quantitative estimate of drug-likeness (QED) is 0.611. The van der Waals surface area contributed by atoms with Gasteiger partial charge in [0.05, 0.1) is 5.75 Å². The Hall–Kier alpha value is -1.42. The van der Waals surface area contributed by atoms with Crippen LogP contribution in [0.2, 0.25) is 0 Å². The van der Waals surface area contributed by atoms with Crippen LogP contribution in [0.4, 0.5) is 23.2 Å². The Kier molecular flexibility index (Phi) is 5.14. The summed E-state index contributed by atoms with van der Waals surface area (Å²) >= 11 is 0. The van der Waals surface area contributed by atoms with Crippen LogP contribution in [0.3, 0.4) is 0 Å². The Morgan fingerprint density at radius 1 is 1.13 bits per heavy atom. The first-order valence-corrected chi connectivity index (χ1v) is 8.70. The van der Waals surface area contributed by atoms with Crippen molar-refractivity contribution in [3.63, 3.8) is 0 Å². The number of pyridine rings is 1.